The van der Waals surface area contributed by atoms with Crippen LogP contribution in [-0.4, -0.2) is 34.6 Å². The molecule has 1 saturated heterocycles. The molecule has 1 heterocycles. The molecular weight excluding hydrogens is 212 g/mol. The quantitative estimate of drug-likeness (QED) is 0.559. The van der Waals surface area contributed by atoms with Crippen molar-refractivity contribution >= 4 is 15.9 Å². The first-order valence-electron chi connectivity index (χ1n) is 3.29. The van der Waals surface area contributed by atoms with E-state index in [1.54, 1.807) is 6.92 Å². The van der Waals surface area contributed by atoms with Crippen LogP contribution in [-0.2, 0) is 4.74 Å². The van der Waals surface area contributed by atoms with Gasteiger partial charge in [0.2, 0.25) is 0 Å². The molecule has 2 N–H and O–H groups in total. The molecule has 0 bridgehead atoms. The number of aliphatic hydroxyl groups excluding tert-OH is 2. The van der Waals surface area contributed by atoms with Crippen LogP contribution in [0, 0.1) is 10.8 Å². The summed E-state index contributed by atoms with van der Waals surface area (Å²) in [6.07, 6.45) is -2.63. The Balaban J connectivity index is 2.64. The first kappa shape index (κ1) is 9.01. The van der Waals surface area contributed by atoms with Gasteiger partial charge in [-0.15, -0.1) is 0 Å². The van der Waals surface area contributed by atoms with Gasteiger partial charge >= 0.3 is 0 Å². The third-order valence-electron chi connectivity index (χ3n) is 1.70. The normalized spacial score (nSPS) is 43.3. The predicted octanol–water partition coefficient (Wildman–Crippen LogP) is -0.149. The molecule has 0 aromatic heterocycles. The maximum absolute atomic E-state index is 9.26. The average molecular weight is 221 g/mol. The molecule has 0 aliphatic carbocycles. The van der Waals surface area contributed by atoms with Crippen molar-refractivity contribution in [3.8, 4) is 10.8 Å². The minimum absolute atomic E-state index is 0.344. The van der Waals surface area contributed by atoms with Crippen LogP contribution >= 0.6 is 15.9 Å². The molecule has 1 unspecified atom stereocenters. The molecular formula is C7H9BrO3. The standard InChI is InChI=1S/C7H9BrO3/c1-4-6(9)7(10)5(11-4)2-3-8/h4-7,9-10H,1H3/t4-,5+,6?,7-/m0/s1. The molecule has 0 radical (unpaired) electrons. The van der Waals surface area contributed by atoms with Gasteiger partial charge in [0.25, 0.3) is 0 Å². The fourth-order valence-corrected chi connectivity index (χ4v) is 1.25. The van der Waals surface area contributed by atoms with Crippen LogP contribution in [0.15, 0.2) is 0 Å². The molecule has 1 aliphatic rings. The Hall–Kier alpha value is -0.0800. The van der Waals surface area contributed by atoms with Crippen molar-refractivity contribution in [3.63, 3.8) is 0 Å². The van der Waals surface area contributed by atoms with E-state index in [0.29, 0.717) is 0 Å². The summed E-state index contributed by atoms with van der Waals surface area (Å²) in [7, 11) is 0. The molecule has 4 heteroatoms. The summed E-state index contributed by atoms with van der Waals surface area (Å²) in [5.74, 6) is 2.59. The van der Waals surface area contributed by atoms with E-state index in [-0.39, 0.29) is 6.10 Å². The molecule has 0 aromatic rings. The van der Waals surface area contributed by atoms with Crippen molar-refractivity contribution in [2.45, 2.75) is 31.3 Å². The Bertz CT molecular complexity index is 196. The first-order valence-corrected chi connectivity index (χ1v) is 4.09. The van der Waals surface area contributed by atoms with E-state index < -0.39 is 18.3 Å². The zero-order chi connectivity index (χ0) is 8.43. The predicted molar refractivity (Wildman–Crippen MR) is 43.1 cm³/mol. The fraction of sp³-hybridized carbons (Fsp3) is 0.714. The number of hydrogen-bond donors (Lipinski definition) is 2. The second kappa shape index (κ2) is 3.55. The average Bonchev–Trinajstić information content (AvgIpc) is 2.19. The van der Waals surface area contributed by atoms with Crippen LogP contribution in [0.2, 0.25) is 0 Å². The van der Waals surface area contributed by atoms with Crippen molar-refractivity contribution < 1.29 is 14.9 Å². The Morgan fingerprint density at radius 1 is 1.36 bits per heavy atom. The van der Waals surface area contributed by atoms with E-state index in [4.69, 9.17) is 4.74 Å². The summed E-state index contributed by atoms with van der Waals surface area (Å²) in [5.41, 5.74) is 0. The summed E-state index contributed by atoms with van der Waals surface area (Å²) in [6.45, 7) is 1.70. The van der Waals surface area contributed by atoms with Crippen molar-refractivity contribution in [2.24, 2.45) is 0 Å². The highest BCUT2D eigenvalue weighted by molar-refractivity contribution is 9.12. The summed E-state index contributed by atoms with van der Waals surface area (Å²) in [5, 5.41) is 18.5. The molecule has 1 fully saturated rings. The molecule has 4 atom stereocenters. The van der Waals surface area contributed by atoms with E-state index in [2.05, 4.69) is 26.7 Å². The minimum Gasteiger partial charge on any atom is -0.388 e. The van der Waals surface area contributed by atoms with Gasteiger partial charge in [-0.3, -0.25) is 0 Å². The first-order chi connectivity index (χ1) is 5.16. The van der Waals surface area contributed by atoms with Gasteiger partial charge in [0, 0.05) is 15.9 Å². The maximum atomic E-state index is 9.26. The van der Waals surface area contributed by atoms with E-state index in [0.717, 1.165) is 0 Å². The van der Waals surface area contributed by atoms with Crippen LogP contribution in [0.3, 0.4) is 0 Å². The number of aliphatic hydroxyl groups is 2. The smallest absolute Gasteiger partial charge is 0.147 e. The molecule has 0 amide bonds. The molecule has 11 heavy (non-hydrogen) atoms. The zero-order valence-corrected chi connectivity index (χ0v) is 7.58. The lowest BCUT2D eigenvalue weighted by Crippen LogP contribution is -2.30. The molecule has 1 aliphatic heterocycles. The summed E-state index contributed by atoms with van der Waals surface area (Å²) >= 11 is 2.89. The monoisotopic (exact) mass is 220 g/mol. The number of ether oxygens (including phenoxy) is 1. The highest BCUT2D eigenvalue weighted by Gasteiger charge is 2.39. The van der Waals surface area contributed by atoms with Crippen LogP contribution in [0.25, 0.3) is 0 Å². The van der Waals surface area contributed by atoms with Gasteiger partial charge in [0.05, 0.1) is 6.10 Å². The Kier molecular flexibility index (Phi) is 2.90. The van der Waals surface area contributed by atoms with Gasteiger partial charge in [-0.2, -0.15) is 0 Å². The van der Waals surface area contributed by atoms with Crippen LogP contribution in [0.4, 0.5) is 0 Å². The van der Waals surface area contributed by atoms with Crippen LogP contribution < -0.4 is 0 Å². The Morgan fingerprint density at radius 3 is 2.36 bits per heavy atom. The van der Waals surface area contributed by atoms with Gasteiger partial charge in [0.15, 0.2) is 0 Å². The number of hydrogen-bond acceptors (Lipinski definition) is 3. The van der Waals surface area contributed by atoms with Gasteiger partial charge in [-0.1, -0.05) is 5.92 Å². The summed E-state index contributed by atoms with van der Waals surface area (Å²) in [4.78, 5) is 2.45. The van der Waals surface area contributed by atoms with Crippen molar-refractivity contribution in [3.05, 3.63) is 0 Å². The summed E-state index contributed by atoms with van der Waals surface area (Å²) in [6, 6.07) is 0. The van der Waals surface area contributed by atoms with Gasteiger partial charge in [0.1, 0.15) is 18.3 Å². The molecule has 0 saturated carbocycles. The summed E-state index contributed by atoms with van der Waals surface area (Å²) < 4.78 is 5.12. The van der Waals surface area contributed by atoms with Crippen molar-refractivity contribution in [1.82, 2.24) is 0 Å². The number of halogens is 1. The van der Waals surface area contributed by atoms with Crippen molar-refractivity contribution in [1.29, 1.82) is 0 Å². The maximum Gasteiger partial charge on any atom is 0.147 e. The highest BCUT2D eigenvalue weighted by atomic mass is 79.9. The van der Waals surface area contributed by atoms with Gasteiger partial charge in [-0.05, 0) is 11.8 Å². The minimum atomic E-state index is -0.893. The second-order valence-electron chi connectivity index (χ2n) is 2.48. The fourth-order valence-electron chi connectivity index (χ4n) is 1.02. The Morgan fingerprint density at radius 2 is 2.00 bits per heavy atom. The molecule has 0 spiro atoms. The largest absolute Gasteiger partial charge is 0.388 e. The lowest BCUT2D eigenvalue weighted by molar-refractivity contribution is 0.0317. The van der Waals surface area contributed by atoms with E-state index in [1.165, 1.54) is 0 Å². The zero-order valence-electron chi connectivity index (χ0n) is 5.99. The topological polar surface area (TPSA) is 49.7 Å². The Labute approximate surface area is 73.5 Å². The second-order valence-corrected chi connectivity index (χ2v) is 2.88. The SMILES string of the molecule is C[C@@H]1O[C@H](C#CBr)[C@H](O)C1O. The van der Waals surface area contributed by atoms with E-state index in [1.807, 2.05) is 0 Å². The van der Waals surface area contributed by atoms with Gasteiger partial charge < -0.3 is 14.9 Å². The third kappa shape index (κ3) is 1.74. The highest BCUT2D eigenvalue weighted by Crippen LogP contribution is 2.19. The molecule has 3 nitrogen and oxygen atoms in total. The van der Waals surface area contributed by atoms with E-state index >= 15 is 0 Å². The lowest BCUT2D eigenvalue weighted by Gasteiger charge is -2.07. The molecule has 62 valence electrons. The van der Waals surface area contributed by atoms with E-state index in [9.17, 15) is 10.2 Å². The molecule has 1 rings (SSSR count). The lowest BCUT2D eigenvalue weighted by atomic mass is 10.1. The number of rotatable bonds is 0. The van der Waals surface area contributed by atoms with Crippen LogP contribution in [0.5, 0.6) is 0 Å². The molecule has 0 aromatic carbocycles. The van der Waals surface area contributed by atoms with Crippen molar-refractivity contribution in [2.75, 3.05) is 0 Å². The van der Waals surface area contributed by atoms with Crippen LogP contribution in [0.1, 0.15) is 6.92 Å². The third-order valence-corrected chi connectivity index (χ3v) is 1.93. The van der Waals surface area contributed by atoms with Gasteiger partial charge in [-0.25, -0.2) is 0 Å².